The van der Waals surface area contributed by atoms with Crippen molar-refractivity contribution in [2.45, 2.75) is 45.6 Å². The molecular weight excluding hydrogens is 424 g/mol. The van der Waals surface area contributed by atoms with Crippen molar-refractivity contribution in [3.05, 3.63) is 53.2 Å². The van der Waals surface area contributed by atoms with Gasteiger partial charge in [0.2, 0.25) is 5.91 Å². The number of aromatic nitrogens is 1. The van der Waals surface area contributed by atoms with Gasteiger partial charge in [-0.05, 0) is 75.0 Å². The van der Waals surface area contributed by atoms with E-state index in [-0.39, 0.29) is 5.91 Å². The van der Waals surface area contributed by atoms with Gasteiger partial charge in [0, 0.05) is 63.6 Å². The number of nitriles is 1. The summed E-state index contributed by atoms with van der Waals surface area (Å²) in [6, 6.07) is 12.7. The Hall–Kier alpha value is -3.11. The van der Waals surface area contributed by atoms with Gasteiger partial charge in [-0.3, -0.25) is 9.69 Å². The highest BCUT2D eigenvalue weighted by molar-refractivity contribution is 5.76. The number of anilines is 2. The quantitative estimate of drug-likeness (QED) is 0.681. The molecule has 1 amide bonds. The zero-order valence-electron chi connectivity index (χ0n) is 20.5. The Kier molecular flexibility index (Phi) is 8.02. The van der Waals surface area contributed by atoms with Crippen molar-refractivity contribution in [2.75, 3.05) is 56.0 Å². The molecule has 0 radical (unpaired) electrons. The third-order valence-electron chi connectivity index (χ3n) is 7.02. The largest absolute Gasteiger partial charge is 0.382 e. The fraction of sp³-hybridized carbons (Fsp3) is 0.519. The summed E-state index contributed by atoms with van der Waals surface area (Å²) in [6.07, 6.45) is 5.40. The zero-order valence-corrected chi connectivity index (χ0v) is 20.5. The Bertz CT molecular complexity index is 999. The van der Waals surface area contributed by atoms with E-state index < -0.39 is 0 Å². The van der Waals surface area contributed by atoms with Crippen LogP contribution in [0.2, 0.25) is 0 Å². The summed E-state index contributed by atoms with van der Waals surface area (Å²) in [6.45, 7) is 10.7. The van der Waals surface area contributed by atoms with Gasteiger partial charge < -0.3 is 15.1 Å². The SMILES string of the molecule is Cc1ccc(N2CCN(CCCC(=O)N3CCC(Nc4ccc(C#N)c(C)c4)CC3)CC2)nc1. The standard InChI is InChI=1S/C27H36N6O/c1-21-5-8-26(29-20-21)32-16-14-31(15-17-32)11-3-4-27(34)33-12-9-24(10-13-33)30-25-7-6-23(19-28)22(2)18-25/h5-8,18,20,24,30H,3-4,9-17H2,1-2H3. The van der Waals surface area contributed by atoms with Crippen molar-refractivity contribution in [2.24, 2.45) is 0 Å². The molecule has 7 heteroatoms. The molecule has 34 heavy (non-hydrogen) atoms. The molecular formula is C27H36N6O. The number of hydrogen-bond donors (Lipinski definition) is 1. The fourth-order valence-corrected chi connectivity index (χ4v) is 4.85. The van der Waals surface area contributed by atoms with Crippen molar-refractivity contribution in [3.63, 3.8) is 0 Å². The van der Waals surface area contributed by atoms with E-state index in [9.17, 15) is 4.79 Å². The second-order valence-electron chi connectivity index (χ2n) is 9.57. The molecule has 180 valence electrons. The van der Waals surface area contributed by atoms with Crippen LogP contribution in [0.3, 0.4) is 0 Å². The van der Waals surface area contributed by atoms with Crippen LogP contribution in [-0.2, 0) is 4.79 Å². The molecule has 0 spiro atoms. The average Bonchev–Trinajstić information content (AvgIpc) is 2.85. The Morgan fingerprint density at radius 2 is 1.85 bits per heavy atom. The zero-order chi connectivity index (χ0) is 23.9. The predicted octanol–water partition coefficient (Wildman–Crippen LogP) is 3.58. The first-order valence-electron chi connectivity index (χ1n) is 12.5. The van der Waals surface area contributed by atoms with Crippen LogP contribution in [0.25, 0.3) is 0 Å². The van der Waals surface area contributed by atoms with Crippen molar-refractivity contribution >= 4 is 17.4 Å². The molecule has 1 aromatic carbocycles. The van der Waals surface area contributed by atoms with Gasteiger partial charge in [0.25, 0.3) is 0 Å². The van der Waals surface area contributed by atoms with Crippen LogP contribution in [0, 0.1) is 25.2 Å². The first-order valence-corrected chi connectivity index (χ1v) is 12.5. The number of piperazine rings is 1. The molecule has 0 aliphatic carbocycles. The third kappa shape index (κ3) is 6.27. The second-order valence-corrected chi connectivity index (χ2v) is 9.57. The second kappa shape index (κ2) is 11.3. The normalized spacial score (nSPS) is 17.4. The number of piperidine rings is 1. The number of pyridine rings is 1. The minimum absolute atomic E-state index is 0.287. The van der Waals surface area contributed by atoms with E-state index in [1.54, 1.807) is 0 Å². The fourth-order valence-electron chi connectivity index (χ4n) is 4.85. The van der Waals surface area contributed by atoms with Gasteiger partial charge in [-0.2, -0.15) is 5.26 Å². The summed E-state index contributed by atoms with van der Waals surface area (Å²) in [5.74, 6) is 1.35. The number of aryl methyl sites for hydroxylation is 2. The van der Waals surface area contributed by atoms with Crippen LogP contribution in [0.1, 0.15) is 42.4 Å². The lowest BCUT2D eigenvalue weighted by molar-refractivity contribution is -0.132. The van der Waals surface area contributed by atoms with Gasteiger partial charge >= 0.3 is 0 Å². The number of carbonyl (C=O) groups excluding carboxylic acids is 1. The van der Waals surface area contributed by atoms with E-state index in [4.69, 9.17) is 5.26 Å². The van der Waals surface area contributed by atoms with Gasteiger partial charge in [-0.25, -0.2) is 4.98 Å². The van der Waals surface area contributed by atoms with Crippen LogP contribution in [0.15, 0.2) is 36.5 Å². The van der Waals surface area contributed by atoms with Crippen LogP contribution in [-0.4, -0.2) is 72.5 Å². The molecule has 2 saturated heterocycles. The van der Waals surface area contributed by atoms with E-state index in [0.29, 0.717) is 12.5 Å². The summed E-state index contributed by atoms with van der Waals surface area (Å²) in [5, 5.41) is 12.7. The molecule has 0 bridgehead atoms. The van der Waals surface area contributed by atoms with Gasteiger partial charge in [0.05, 0.1) is 11.6 Å². The predicted molar refractivity (Wildman–Crippen MR) is 136 cm³/mol. The number of hydrogen-bond acceptors (Lipinski definition) is 6. The minimum Gasteiger partial charge on any atom is -0.382 e. The molecule has 7 nitrogen and oxygen atoms in total. The molecule has 0 unspecified atom stereocenters. The van der Waals surface area contributed by atoms with Gasteiger partial charge in [0.1, 0.15) is 5.82 Å². The summed E-state index contributed by atoms with van der Waals surface area (Å²) in [4.78, 5) is 24.1. The van der Waals surface area contributed by atoms with Crippen molar-refractivity contribution in [1.82, 2.24) is 14.8 Å². The van der Waals surface area contributed by atoms with Crippen molar-refractivity contribution < 1.29 is 4.79 Å². The Morgan fingerprint density at radius 3 is 2.50 bits per heavy atom. The van der Waals surface area contributed by atoms with Gasteiger partial charge in [-0.1, -0.05) is 6.07 Å². The van der Waals surface area contributed by atoms with E-state index >= 15 is 0 Å². The Morgan fingerprint density at radius 1 is 1.09 bits per heavy atom. The Labute approximate surface area is 203 Å². The molecule has 1 aromatic heterocycles. The summed E-state index contributed by atoms with van der Waals surface area (Å²) < 4.78 is 0. The van der Waals surface area contributed by atoms with Gasteiger partial charge in [-0.15, -0.1) is 0 Å². The number of carbonyl (C=O) groups is 1. The third-order valence-corrected chi connectivity index (χ3v) is 7.02. The number of benzene rings is 1. The van der Waals surface area contributed by atoms with Crippen molar-refractivity contribution in [1.29, 1.82) is 5.26 Å². The highest BCUT2D eigenvalue weighted by Crippen LogP contribution is 2.20. The lowest BCUT2D eigenvalue weighted by atomic mass is 10.0. The molecule has 2 aliphatic rings. The van der Waals surface area contributed by atoms with Gasteiger partial charge in [0.15, 0.2) is 0 Å². The van der Waals surface area contributed by atoms with Crippen LogP contribution >= 0.6 is 0 Å². The minimum atomic E-state index is 0.287. The first-order chi connectivity index (χ1) is 16.5. The molecule has 2 fully saturated rings. The first kappa shape index (κ1) is 24.0. The highest BCUT2D eigenvalue weighted by atomic mass is 16.2. The monoisotopic (exact) mass is 460 g/mol. The maximum atomic E-state index is 12.7. The van der Waals surface area contributed by atoms with E-state index in [0.717, 1.165) is 87.7 Å². The molecule has 4 rings (SSSR count). The number of likely N-dealkylation sites (tertiary alicyclic amines) is 1. The van der Waals surface area contributed by atoms with Crippen LogP contribution in [0.4, 0.5) is 11.5 Å². The average molecular weight is 461 g/mol. The van der Waals surface area contributed by atoms with Crippen molar-refractivity contribution in [3.8, 4) is 6.07 Å². The van der Waals surface area contributed by atoms with E-state index in [2.05, 4.69) is 45.2 Å². The summed E-state index contributed by atoms with van der Waals surface area (Å²) in [5.41, 5.74) is 3.96. The highest BCUT2D eigenvalue weighted by Gasteiger charge is 2.23. The van der Waals surface area contributed by atoms with E-state index in [1.807, 2.05) is 36.2 Å². The molecule has 1 N–H and O–H groups in total. The molecule has 0 saturated carbocycles. The lowest BCUT2D eigenvalue weighted by Crippen LogP contribution is -2.47. The molecule has 2 aromatic rings. The van der Waals surface area contributed by atoms with E-state index in [1.165, 1.54) is 5.56 Å². The topological polar surface area (TPSA) is 75.5 Å². The lowest BCUT2D eigenvalue weighted by Gasteiger charge is -2.36. The van der Waals surface area contributed by atoms with Crippen LogP contribution in [0.5, 0.6) is 0 Å². The Balaban J connectivity index is 1.12. The molecule has 0 atom stereocenters. The smallest absolute Gasteiger partial charge is 0.222 e. The number of nitrogens with zero attached hydrogens (tertiary/aromatic N) is 5. The molecule has 3 heterocycles. The maximum absolute atomic E-state index is 12.7. The number of nitrogens with one attached hydrogen (secondary N) is 1. The number of amides is 1. The summed E-state index contributed by atoms with van der Waals surface area (Å²) in [7, 11) is 0. The molecule has 2 aliphatic heterocycles. The summed E-state index contributed by atoms with van der Waals surface area (Å²) >= 11 is 0. The number of rotatable bonds is 7. The maximum Gasteiger partial charge on any atom is 0.222 e. The van der Waals surface area contributed by atoms with Crippen LogP contribution < -0.4 is 10.2 Å².